The minimum absolute atomic E-state index is 0.0280. The number of hydrogen-bond donors (Lipinski definition) is 1. The molecule has 0 aliphatic carbocycles. The van der Waals surface area contributed by atoms with Gasteiger partial charge in [-0.1, -0.05) is 29.8 Å². The van der Waals surface area contributed by atoms with Crippen LogP contribution in [0.15, 0.2) is 48.5 Å². The van der Waals surface area contributed by atoms with E-state index in [0.29, 0.717) is 12.1 Å². The molecule has 106 valence electrons. The lowest BCUT2D eigenvalue weighted by Crippen LogP contribution is -2.25. The van der Waals surface area contributed by atoms with Crippen LogP contribution >= 0.6 is 11.3 Å². The largest absolute Gasteiger partial charge is 0.352 e. The summed E-state index contributed by atoms with van der Waals surface area (Å²) in [6.07, 6.45) is 0.761. The van der Waals surface area contributed by atoms with Crippen LogP contribution < -0.4 is 5.32 Å². The van der Waals surface area contributed by atoms with Crippen LogP contribution in [0.3, 0.4) is 0 Å². The molecule has 3 nitrogen and oxygen atoms in total. The number of para-hydroxylation sites is 1. The van der Waals surface area contributed by atoms with Gasteiger partial charge in [-0.2, -0.15) is 0 Å². The highest BCUT2D eigenvalue weighted by molar-refractivity contribution is 7.18. The molecule has 3 aromatic rings. The molecule has 0 fully saturated rings. The Bertz CT molecular complexity index is 746. The molecule has 2 aromatic carbocycles. The van der Waals surface area contributed by atoms with Gasteiger partial charge < -0.3 is 5.32 Å². The van der Waals surface area contributed by atoms with E-state index < -0.39 is 0 Å². The topological polar surface area (TPSA) is 42.0 Å². The quantitative estimate of drug-likeness (QED) is 0.799. The Labute approximate surface area is 127 Å². The molecule has 0 aliphatic rings. The van der Waals surface area contributed by atoms with Crippen LogP contribution in [0.25, 0.3) is 10.2 Å². The number of rotatable bonds is 4. The standard InChI is InChI=1S/C17H16N2OS/c1-12-5-4-6-13(11-12)17(20)18-10-9-16-19-14-7-2-3-8-15(14)21-16/h2-8,11H,9-10H2,1H3,(H,18,20). The van der Waals surface area contributed by atoms with Gasteiger partial charge >= 0.3 is 0 Å². The van der Waals surface area contributed by atoms with E-state index in [4.69, 9.17) is 0 Å². The van der Waals surface area contributed by atoms with Gasteiger partial charge in [0.25, 0.3) is 5.91 Å². The van der Waals surface area contributed by atoms with Crippen molar-refractivity contribution in [1.29, 1.82) is 0 Å². The first-order valence-electron chi connectivity index (χ1n) is 6.92. The Hall–Kier alpha value is -2.20. The number of aromatic nitrogens is 1. The third-order valence-corrected chi connectivity index (χ3v) is 4.34. The van der Waals surface area contributed by atoms with E-state index in [1.54, 1.807) is 11.3 Å². The van der Waals surface area contributed by atoms with Gasteiger partial charge in [0.15, 0.2) is 0 Å². The number of benzene rings is 2. The van der Waals surface area contributed by atoms with Crippen molar-refractivity contribution in [2.24, 2.45) is 0 Å². The van der Waals surface area contributed by atoms with Crippen molar-refractivity contribution in [1.82, 2.24) is 10.3 Å². The van der Waals surface area contributed by atoms with Crippen LogP contribution in [0.1, 0.15) is 20.9 Å². The van der Waals surface area contributed by atoms with Gasteiger partial charge in [0, 0.05) is 18.5 Å². The van der Waals surface area contributed by atoms with Crippen LogP contribution in [-0.2, 0) is 6.42 Å². The molecule has 0 bridgehead atoms. The van der Waals surface area contributed by atoms with Gasteiger partial charge in [-0.25, -0.2) is 4.98 Å². The van der Waals surface area contributed by atoms with Crippen molar-refractivity contribution in [3.63, 3.8) is 0 Å². The fourth-order valence-corrected chi connectivity index (χ4v) is 3.17. The summed E-state index contributed by atoms with van der Waals surface area (Å²) in [6, 6.07) is 15.7. The molecule has 0 saturated heterocycles. The zero-order valence-electron chi connectivity index (χ0n) is 11.8. The average molecular weight is 296 g/mol. The second-order valence-corrected chi connectivity index (χ2v) is 6.07. The minimum atomic E-state index is -0.0280. The Kier molecular flexibility index (Phi) is 3.97. The molecule has 1 amide bonds. The lowest BCUT2D eigenvalue weighted by molar-refractivity contribution is 0.0954. The molecule has 0 unspecified atom stereocenters. The van der Waals surface area contributed by atoms with E-state index in [0.717, 1.165) is 22.5 Å². The number of carbonyl (C=O) groups is 1. The van der Waals surface area contributed by atoms with E-state index in [9.17, 15) is 4.79 Å². The van der Waals surface area contributed by atoms with Crippen molar-refractivity contribution in [3.05, 3.63) is 64.7 Å². The van der Waals surface area contributed by atoms with Crippen LogP contribution in [0.2, 0.25) is 0 Å². The normalized spacial score (nSPS) is 10.7. The zero-order chi connectivity index (χ0) is 14.7. The highest BCUT2D eigenvalue weighted by Gasteiger charge is 2.06. The van der Waals surface area contributed by atoms with Crippen LogP contribution in [0, 0.1) is 6.92 Å². The highest BCUT2D eigenvalue weighted by atomic mass is 32.1. The molecule has 1 heterocycles. The summed E-state index contributed by atoms with van der Waals surface area (Å²) in [5.41, 5.74) is 2.83. The molecule has 0 spiro atoms. The van der Waals surface area contributed by atoms with Gasteiger partial charge in [-0.05, 0) is 31.2 Å². The molecule has 0 saturated carbocycles. The number of thiazole rings is 1. The lowest BCUT2D eigenvalue weighted by Gasteiger charge is -2.04. The SMILES string of the molecule is Cc1cccc(C(=O)NCCc2nc3ccccc3s2)c1. The maximum Gasteiger partial charge on any atom is 0.251 e. The van der Waals surface area contributed by atoms with Crippen molar-refractivity contribution in [2.75, 3.05) is 6.54 Å². The monoisotopic (exact) mass is 296 g/mol. The number of aryl methyl sites for hydroxylation is 1. The number of nitrogens with zero attached hydrogens (tertiary/aromatic N) is 1. The first-order chi connectivity index (χ1) is 10.2. The van der Waals surface area contributed by atoms with E-state index in [1.165, 1.54) is 4.70 Å². The fourth-order valence-electron chi connectivity index (χ4n) is 2.20. The predicted octanol–water partition coefficient (Wildman–Crippen LogP) is 3.58. The molecule has 0 atom stereocenters. The van der Waals surface area contributed by atoms with Crippen LogP contribution in [-0.4, -0.2) is 17.4 Å². The Balaban J connectivity index is 1.59. The number of hydrogen-bond acceptors (Lipinski definition) is 3. The van der Waals surface area contributed by atoms with Crippen molar-refractivity contribution < 1.29 is 4.79 Å². The molecular formula is C17H16N2OS. The van der Waals surface area contributed by atoms with E-state index in [-0.39, 0.29) is 5.91 Å². The summed E-state index contributed by atoms with van der Waals surface area (Å²) in [5.74, 6) is -0.0280. The summed E-state index contributed by atoms with van der Waals surface area (Å²) >= 11 is 1.68. The fraction of sp³-hybridized carbons (Fsp3) is 0.176. The minimum Gasteiger partial charge on any atom is -0.352 e. The predicted molar refractivity (Wildman–Crippen MR) is 86.8 cm³/mol. The molecule has 21 heavy (non-hydrogen) atoms. The first kappa shape index (κ1) is 13.8. The number of amides is 1. The summed E-state index contributed by atoms with van der Waals surface area (Å²) in [4.78, 5) is 16.6. The van der Waals surface area contributed by atoms with Gasteiger partial charge in [0.1, 0.15) is 0 Å². The maximum absolute atomic E-state index is 12.0. The molecule has 4 heteroatoms. The molecule has 1 N–H and O–H groups in total. The summed E-state index contributed by atoms with van der Waals surface area (Å²) in [5, 5.41) is 4.00. The summed E-state index contributed by atoms with van der Waals surface area (Å²) in [7, 11) is 0. The third-order valence-electron chi connectivity index (χ3n) is 3.24. The molecule has 0 radical (unpaired) electrons. The first-order valence-corrected chi connectivity index (χ1v) is 7.73. The molecular weight excluding hydrogens is 280 g/mol. The van der Waals surface area contributed by atoms with Crippen molar-refractivity contribution >= 4 is 27.5 Å². The molecule has 1 aromatic heterocycles. The second-order valence-electron chi connectivity index (χ2n) is 4.95. The summed E-state index contributed by atoms with van der Waals surface area (Å²) < 4.78 is 1.19. The number of fused-ring (bicyclic) bond motifs is 1. The summed E-state index contributed by atoms with van der Waals surface area (Å²) in [6.45, 7) is 2.59. The van der Waals surface area contributed by atoms with E-state index in [1.807, 2.05) is 49.4 Å². The zero-order valence-corrected chi connectivity index (χ0v) is 12.6. The van der Waals surface area contributed by atoms with Crippen LogP contribution in [0.4, 0.5) is 0 Å². The van der Waals surface area contributed by atoms with Gasteiger partial charge in [-0.3, -0.25) is 4.79 Å². The van der Waals surface area contributed by atoms with Crippen molar-refractivity contribution in [2.45, 2.75) is 13.3 Å². The second kappa shape index (κ2) is 6.06. The maximum atomic E-state index is 12.0. The van der Waals surface area contributed by atoms with Gasteiger partial charge in [-0.15, -0.1) is 11.3 Å². The third kappa shape index (κ3) is 3.28. The smallest absolute Gasteiger partial charge is 0.251 e. The molecule has 0 aliphatic heterocycles. The van der Waals surface area contributed by atoms with Gasteiger partial charge in [0.05, 0.1) is 15.2 Å². The Morgan fingerprint density at radius 1 is 1.19 bits per heavy atom. The highest BCUT2D eigenvalue weighted by Crippen LogP contribution is 2.21. The van der Waals surface area contributed by atoms with E-state index >= 15 is 0 Å². The number of carbonyl (C=O) groups excluding carboxylic acids is 1. The van der Waals surface area contributed by atoms with E-state index in [2.05, 4.69) is 16.4 Å². The Morgan fingerprint density at radius 3 is 2.86 bits per heavy atom. The van der Waals surface area contributed by atoms with Gasteiger partial charge in [0.2, 0.25) is 0 Å². The molecule has 3 rings (SSSR count). The van der Waals surface area contributed by atoms with Crippen LogP contribution in [0.5, 0.6) is 0 Å². The average Bonchev–Trinajstić information content (AvgIpc) is 2.89. The Morgan fingerprint density at radius 2 is 2.05 bits per heavy atom. The lowest BCUT2D eigenvalue weighted by atomic mass is 10.1. The number of nitrogens with one attached hydrogen (secondary N) is 1. The van der Waals surface area contributed by atoms with Crippen molar-refractivity contribution in [3.8, 4) is 0 Å².